The average molecular weight is 393 g/mol. The number of hydrogen-bond donors (Lipinski definition) is 0. The molecule has 0 atom stereocenters. The van der Waals surface area contributed by atoms with Gasteiger partial charge in [0.1, 0.15) is 5.75 Å². The van der Waals surface area contributed by atoms with E-state index >= 15 is 0 Å². The number of rotatable bonds is 5. The number of ether oxygens (including phenoxy) is 1. The van der Waals surface area contributed by atoms with Gasteiger partial charge in [0.2, 0.25) is 0 Å². The van der Waals surface area contributed by atoms with E-state index in [1.54, 1.807) is 30.6 Å². The first-order valence-corrected chi connectivity index (χ1v) is 10.5. The van der Waals surface area contributed by atoms with Gasteiger partial charge in [-0.05, 0) is 42.3 Å². The minimum absolute atomic E-state index is 0.256. The predicted molar refractivity (Wildman–Crippen MR) is 113 cm³/mol. The summed E-state index contributed by atoms with van der Waals surface area (Å²) in [6, 6.07) is 26.4. The molecule has 3 aromatic carbocycles. The molecule has 0 heterocycles. The lowest BCUT2D eigenvalue weighted by atomic mass is 9.89. The largest absolute Gasteiger partial charge is 0.496 e. The van der Waals surface area contributed by atoms with E-state index in [-0.39, 0.29) is 5.78 Å². The first-order valence-electron chi connectivity index (χ1n) is 8.91. The van der Waals surface area contributed by atoms with Crippen molar-refractivity contribution in [2.75, 3.05) is 7.11 Å². The molecule has 4 heteroatoms. The maximum atomic E-state index is 13.4. The monoisotopic (exact) mass is 392 g/mol. The van der Waals surface area contributed by atoms with Crippen molar-refractivity contribution in [1.29, 1.82) is 0 Å². The molecule has 0 aliphatic heterocycles. The summed E-state index contributed by atoms with van der Waals surface area (Å²) in [7, 11) is 1.70. The minimum Gasteiger partial charge on any atom is -0.496 e. The number of Topliss-reactive ketones (excluding diaryl/α,β-unsaturated/α-hetero) is 1. The lowest BCUT2D eigenvalue weighted by molar-refractivity contribution is -0.119. The highest BCUT2D eigenvalue weighted by molar-refractivity contribution is 8.18. The summed E-state index contributed by atoms with van der Waals surface area (Å²) < 4.78 is 4.89. The van der Waals surface area contributed by atoms with Crippen LogP contribution in [0.4, 0.5) is 0 Å². The highest BCUT2D eigenvalue weighted by Gasteiger charge is 2.46. The normalized spacial score (nSPS) is 15.2. The van der Waals surface area contributed by atoms with Crippen molar-refractivity contribution in [2.24, 2.45) is 0 Å². The zero-order chi connectivity index (χ0) is 18.7. The van der Waals surface area contributed by atoms with E-state index in [0.717, 1.165) is 33.1 Å². The molecule has 0 fully saturated rings. The van der Waals surface area contributed by atoms with Gasteiger partial charge in [0.05, 0.1) is 7.11 Å². The van der Waals surface area contributed by atoms with E-state index in [9.17, 15) is 4.79 Å². The van der Waals surface area contributed by atoms with Crippen LogP contribution in [-0.4, -0.2) is 12.9 Å². The lowest BCUT2D eigenvalue weighted by Gasteiger charge is -2.37. The number of methoxy groups -OCH3 is 1. The standard InChI is InChI=1S/C23H20O2S2/c1-25-21-14-8-13-20-19(21)15-16-22(24)23(20,26-17-9-4-2-5-10-17)27-18-11-6-3-7-12-18/h2-14H,15-16H2,1H3. The molecule has 27 heavy (non-hydrogen) atoms. The number of hydrogen-bond acceptors (Lipinski definition) is 4. The Balaban J connectivity index is 1.88. The fourth-order valence-electron chi connectivity index (χ4n) is 3.43. The fourth-order valence-corrected chi connectivity index (χ4v) is 6.46. The van der Waals surface area contributed by atoms with Crippen LogP contribution in [-0.2, 0) is 15.3 Å². The molecule has 2 nitrogen and oxygen atoms in total. The topological polar surface area (TPSA) is 26.3 Å². The zero-order valence-corrected chi connectivity index (χ0v) is 16.7. The Bertz CT molecular complexity index is 898. The minimum atomic E-state index is -0.717. The second-order valence-electron chi connectivity index (χ2n) is 6.36. The zero-order valence-electron chi connectivity index (χ0n) is 15.1. The summed E-state index contributed by atoms with van der Waals surface area (Å²) >= 11 is 3.27. The van der Waals surface area contributed by atoms with Gasteiger partial charge in [-0.3, -0.25) is 4.79 Å². The van der Waals surface area contributed by atoms with Crippen LogP contribution >= 0.6 is 23.5 Å². The second kappa shape index (κ2) is 7.83. The number of benzene rings is 3. The molecule has 136 valence electrons. The molecule has 1 aliphatic rings. The van der Waals surface area contributed by atoms with E-state index < -0.39 is 4.08 Å². The highest BCUT2D eigenvalue weighted by Crippen LogP contribution is 2.57. The molecule has 0 saturated heterocycles. The van der Waals surface area contributed by atoms with E-state index in [1.165, 1.54) is 0 Å². The molecule has 0 unspecified atom stereocenters. The van der Waals surface area contributed by atoms with Gasteiger partial charge < -0.3 is 4.74 Å². The van der Waals surface area contributed by atoms with Crippen molar-refractivity contribution in [2.45, 2.75) is 26.7 Å². The third-order valence-corrected chi connectivity index (χ3v) is 7.67. The molecule has 0 spiro atoms. The number of carbonyl (C=O) groups excluding carboxylic acids is 1. The fraction of sp³-hybridized carbons (Fsp3) is 0.174. The van der Waals surface area contributed by atoms with Gasteiger partial charge in [-0.25, -0.2) is 0 Å². The van der Waals surface area contributed by atoms with Crippen LogP contribution in [0.15, 0.2) is 88.7 Å². The SMILES string of the molecule is COc1cccc2c1CCC(=O)C2(Sc1ccccc1)Sc1ccccc1. The quantitative estimate of drug-likeness (QED) is 0.501. The summed E-state index contributed by atoms with van der Waals surface area (Å²) in [5.41, 5.74) is 2.20. The molecule has 4 rings (SSSR count). The van der Waals surface area contributed by atoms with E-state index in [1.807, 2.05) is 48.5 Å². The van der Waals surface area contributed by atoms with Crippen molar-refractivity contribution < 1.29 is 9.53 Å². The molecular weight excluding hydrogens is 372 g/mol. The molecule has 0 N–H and O–H groups in total. The highest BCUT2D eigenvalue weighted by atomic mass is 32.2. The van der Waals surface area contributed by atoms with Crippen LogP contribution in [0.1, 0.15) is 17.5 Å². The summed E-state index contributed by atoms with van der Waals surface area (Å²) in [6.07, 6.45) is 1.25. The van der Waals surface area contributed by atoms with Crippen LogP contribution in [0.2, 0.25) is 0 Å². The Labute approximate surface area is 168 Å². The lowest BCUT2D eigenvalue weighted by Crippen LogP contribution is -2.34. The molecule has 1 aliphatic carbocycles. The predicted octanol–water partition coefficient (Wildman–Crippen LogP) is 5.95. The van der Waals surface area contributed by atoms with Crippen LogP contribution in [0.25, 0.3) is 0 Å². The number of ketones is 1. The number of fused-ring (bicyclic) bond motifs is 1. The Morgan fingerprint density at radius 1 is 0.778 bits per heavy atom. The number of carbonyl (C=O) groups is 1. The first kappa shape index (κ1) is 18.2. The van der Waals surface area contributed by atoms with E-state index in [0.29, 0.717) is 6.42 Å². The van der Waals surface area contributed by atoms with Crippen LogP contribution in [0.5, 0.6) is 5.75 Å². The molecule has 0 aromatic heterocycles. The molecule has 0 saturated carbocycles. The summed E-state index contributed by atoms with van der Waals surface area (Å²) in [6.45, 7) is 0. The van der Waals surface area contributed by atoms with Gasteiger partial charge >= 0.3 is 0 Å². The Morgan fingerprint density at radius 3 is 1.93 bits per heavy atom. The third kappa shape index (κ3) is 3.52. The van der Waals surface area contributed by atoms with Gasteiger partial charge in [-0.2, -0.15) is 0 Å². The average Bonchev–Trinajstić information content (AvgIpc) is 2.72. The van der Waals surface area contributed by atoms with Gasteiger partial charge in [0.25, 0.3) is 0 Å². The van der Waals surface area contributed by atoms with Crippen molar-refractivity contribution in [3.05, 3.63) is 90.0 Å². The van der Waals surface area contributed by atoms with Crippen LogP contribution in [0, 0.1) is 0 Å². The van der Waals surface area contributed by atoms with Gasteiger partial charge in [0, 0.05) is 21.8 Å². The summed E-state index contributed by atoms with van der Waals surface area (Å²) in [4.78, 5) is 15.6. The summed E-state index contributed by atoms with van der Waals surface area (Å²) in [5, 5.41) is 0. The van der Waals surface area contributed by atoms with Gasteiger partial charge in [-0.1, -0.05) is 72.1 Å². The molecule has 0 bridgehead atoms. The third-order valence-electron chi connectivity index (χ3n) is 4.69. The van der Waals surface area contributed by atoms with E-state index in [4.69, 9.17) is 4.74 Å². The Hall–Kier alpha value is -2.17. The number of thioether (sulfide) groups is 2. The van der Waals surface area contributed by atoms with Crippen LogP contribution in [0.3, 0.4) is 0 Å². The first-order chi connectivity index (χ1) is 13.2. The summed E-state index contributed by atoms with van der Waals surface area (Å²) in [5.74, 6) is 1.12. The Morgan fingerprint density at radius 2 is 1.37 bits per heavy atom. The van der Waals surface area contributed by atoms with Crippen molar-refractivity contribution in [3.8, 4) is 5.75 Å². The van der Waals surface area contributed by atoms with Crippen molar-refractivity contribution >= 4 is 29.3 Å². The maximum Gasteiger partial charge on any atom is 0.164 e. The second-order valence-corrected chi connectivity index (χ2v) is 9.19. The van der Waals surface area contributed by atoms with Gasteiger partial charge in [-0.15, -0.1) is 0 Å². The molecular formula is C23H20O2S2. The van der Waals surface area contributed by atoms with E-state index in [2.05, 4.69) is 30.3 Å². The van der Waals surface area contributed by atoms with Crippen molar-refractivity contribution in [1.82, 2.24) is 0 Å². The van der Waals surface area contributed by atoms with Gasteiger partial charge in [0.15, 0.2) is 9.86 Å². The smallest absolute Gasteiger partial charge is 0.164 e. The molecule has 0 amide bonds. The van der Waals surface area contributed by atoms with Crippen LogP contribution < -0.4 is 4.74 Å². The molecule has 0 radical (unpaired) electrons. The Kier molecular flexibility index (Phi) is 5.28. The van der Waals surface area contributed by atoms with Crippen molar-refractivity contribution in [3.63, 3.8) is 0 Å². The molecule has 3 aromatic rings. The maximum absolute atomic E-state index is 13.4.